The molecule has 0 amide bonds. The molecule has 7 nitrogen and oxygen atoms in total. The van der Waals surface area contributed by atoms with Crippen LogP contribution in [0.25, 0.3) is 11.3 Å². The molecule has 0 saturated carbocycles. The molecule has 0 unspecified atom stereocenters. The van der Waals surface area contributed by atoms with Crippen molar-refractivity contribution in [3.63, 3.8) is 0 Å². The Morgan fingerprint density at radius 2 is 1.50 bits per heavy atom. The Bertz CT molecular complexity index is 913. The van der Waals surface area contributed by atoms with Crippen molar-refractivity contribution in [2.75, 3.05) is 13.2 Å². The number of benzene rings is 1. The minimum Gasteiger partial charge on any atom is -0.476 e. The molecule has 2 aromatic rings. The maximum atomic E-state index is 10.6. The molecule has 1 aliphatic rings. The minimum absolute atomic E-state index is 0.645. The molecule has 0 spiro atoms. The van der Waals surface area contributed by atoms with E-state index in [-0.39, 0.29) is 0 Å². The fourth-order valence-electron chi connectivity index (χ4n) is 1.99. The standard InChI is InChI=1S/C14H13ClN2O.2C2HF3O2/c15-12-4-2-1-3-11(12)13-6-5-10-9-16-7-8-18-14(10)17-13;2*3-2(4,5)1(6)7/h1-6,16H,7-9H2;2*(H,6,7). The predicted molar refractivity (Wildman–Crippen MR) is 99.3 cm³/mol. The molecular formula is C18H15ClF6N2O5. The zero-order valence-corrected chi connectivity index (χ0v) is 16.6. The van der Waals surface area contributed by atoms with Crippen molar-refractivity contribution in [1.29, 1.82) is 0 Å². The third-order valence-electron chi connectivity index (χ3n) is 3.41. The van der Waals surface area contributed by atoms with Gasteiger partial charge in [0.1, 0.15) is 6.61 Å². The maximum Gasteiger partial charge on any atom is 0.490 e. The van der Waals surface area contributed by atoms with E-state index in [9.17, 15) is 26.3 Å². The number of aliphatic carboxylic acids is 2. The summed E-state index contributed by atoms with van der Waals surface area (Å²) < 4.78 is 69.1. The fraction of sp³-hybridized carbons (Fsp3) is 0.278. The number of aromatic nitrogens is 1. The smallest absolute Gasteiger partial charge is 0.476 e. The highest BCUT2D eigenvalue weighted by Gasteiger charge is 2.38. The Balaban J connectivity index is 0.000000305. The molecule has 1 aliphatic heterocycles. The van der Waals surface area contributed by atoms with Gasteiger partial charge in [0, 0.05) is 29.2 Å². The van der Waals surface area contributed by atoms with Crippen molar-refractivity contribution < 1.29 is 50.9 Å². The van der Waals surface area contributed by atoms with E-state index in [0.717, 1.165) is 29.9 Å². The molecule has 0 fully saturated rings. The molecule has 2 heterocycles. The summed E-state index contributed by atoms with van der Waals surface area (Å²) >= 11 is 6.18. The first-order chi connectivity index (χ1) is 14.7. The maximum absolute atomic E-state index is 10.6. The highest BCUT2D eigenvalue weighted by atomic mass is 35.5. The first-order valence-electron chi connectivity index (χ1n) is 8.42. The summed E-state index contributed by atoms with van der Waals surface area (Å²) in [6.45, 7) is 2.29. The lowest BCUT2D eigenvalue weighted by Crippen LogP contribution is -2.21. The van der Waals surface area contributed by atoms with E-state index in [2.05, 4.69) is 10.3 Å². The van der Waals surface area contributed by atoms with Gasteiger partial charge in [-0.25, -0.2) is 14.6 Å². The average Bonchev–Trinajstić information content (AvgIpc) is 2.92. The number of carbonyl (C=O) groups is 2. The Morgan fingerprint density at radius 3 is 2.00 bits per heavy atom. The number of hydrogen-bond acceptors (Lipinski definition) is 5. The summed E-state index contributed by atoms with van der Waals surface area (Å²) in [5.41, 5.74) is 2.87. The van der Waals surface area contributed by atoms with Gasteiger partial charge in [-0.05, 0) is 12.1 Å². The van der Waals surface area contributed by atoms with Crippen molar-refractivity contribution in [2.24, 2.45) is 0 Å². The summed E-state index contributed by atoms with van der Waals surface area (Å²) in [5.74, 6) is -4.81. The topological polar surface area (TPSA) is 109 Å². The zero-order chi connectivity index (χ0) is 24.5. The number of nitrogens with zero attached hydrogens (tertiary/aromatic N) is 1. The van der Waals surface area contributed by atoms with Crippen molar-refractivity contribution in [1.82, 2.24) is 10.3 Å². The van der Waals surface area contributed by atoms with Crippen LogP contribution < -0.4 is 10.1 Å². The highest BCUT2D eigenvalue weighted by Crippen LogP contribution is 2.29. The molecule has 32 heavy (non-hydrogen) atoms. The lowest BCUT2D eigenvalue weighted by Gasteiger charge is -2.09. The van der Waals surface area contributed by atoms with Gasteiger partial charge in [0.15, 0.2) is 0 Å². The first-order valence-corrected chi connectivity index (χ1v) is 8.80. The Hall–Kier alpha value is -3.06. The molecule has 0 saturated heterocycles. The lowest BCUT2D eigenvalue weighted by molar-refractivity contribution is -0.193. The molecule has 14 heteroatoms. The molecular weight excluding hydrogens is 474 g/mol. The number of pyridine rings is 1. The Kier molecular flexibility index (Phi) is 9.72. The summed E-state index contributed by atoms with van der Waals surface area (Å²) in [4.78, 5) is 22.3. The Morgan fingerprint density at radius 1 is 0.969 bits per heavy atom. The van der Waals surface area contributed by atoms with Crippen LogP contribution >= 0.6 is 11.6 Å². The number of alkyl halides is 6. The molecule has 3 rings (SSSR count). The number of rotatable bonds is 1. The number of hydrogen-bond donors (Lipinski definition) is 3. The van der Waals surface area contributed by atoms with Crippen LogP contribution in [-0.2, 0) is 16.1 Å². The summed E-state index contributed by atoms with van der Waals surface area (Å²) in [7, 11) is 0. The summed E-state index contributed by atoms with van der Waals surface area (Å²) in [5, 5.41) is 18.2. The molecule has 1 aromatic carbocycles. The average molecular weight is 489 g/mol. The predicted octanol–water partition coefficient (Wildman–Crippen LogP) is 4.15. The molecule has 1 aromatic heterocycles. The van der Waals surface area contributed by atoms with Gasteiger partial charge < -0.3 is 20.3 Å². The normalized spacial score (nSPS) is 13.1. The van der Waals surface area contributed by atoms with Crippen LogP contribution in [0, 0.1) is 0 Å². The van der Waals surface area contributed by atoms with Gasteiger partial charge in [-0.3, -0.25) is 0 Å². The molecule has 0 bridgehead atoms. The van der Waals surface area contributed by atoms with Crippen LogP contribution in [-0.4, -0.2) is 52.6 Å². The van der Waals surface area contributed by atoms with Crippen LogP contribution in [0.4, 0.5) is 26.3 Å². The van der Waals surface area contributed by atoms with Crippen LogP contribution in [0.5, 0.6) is 5.88 Å². The van der Waals surface area contributed by atoms with Crippen LogP contribution in [0.15, 0.2) is 36.4 Å². The summed E-state index contributed by atoms with van der Waals surface area (Å²) in [6, 6.07) is 11.7. The molecule has 3 N–H and O–H groups in total. The van der Waals surface area contributed by atoms with E-state index < -0.39 is 24.3 Å². The van der Waals surface area contributed by atoms with E-state index in [1.54, 1.807) is 0 Å². The number of ether oxygens (including phenoxy) is 1. The monoisotopic (exact) mass is 488 g/mol. The van der Waals surface area contributed by atoms with Gasteiger partial charge in [-0.1, -0.05) is 35.9 Å². The fourth-order valence-corrected chi connectivity index (χ4v) is 2.22. The number of carboxylic acids is 2. The van der Waals surface area contributed by atoms with E-state index in [4.69, 9.17) is 36.1 Å². The third-order valence-corrected chi connectivity index (χ3v) is 3.74. The van der Waals surface area contributed by atoms with Crippen molar-refractivity contribution in [3.05, 3.63) is 47.0 Å². The van der Waals surface area contributed by atoms with Crippen LogP contribution in [0.1, 0.15) is 5.56 Å². The highest BCUT2D eigenvalue weighted by molar-refractivity contribution is 6.33. The number of fused-ring (bicyclic) bond motifs is 1. The second-order valence-electron chi connectivity index (χ2n) is 5.77. The van der Waals surface area contributed by atoms with Crippen molar-refractivity contribution in [3.8, 4) is 17.1 Å². The van der Waals surface area contributed by atoms with Gasteiger partial charge in [-0.15, -0.1) is 0 Å². The van der Waals surface area contributed by atoms with Gasteiger partial charge in [0.05, 0.1) is 5.69 Å². The number of halogens is 7. The van der Waals surface area contributed by atoms with Crippen LogP contribution in [0.2, 0.25) is 5.02 Å². The van der Waals surface area contributed by atoms with E-state index >= 15 is 0 Å². The van der Waals surface area contributed by atoms with E-state index in [1.165, 1.54) is 0 Å². The van der Waals surface area contributed by atoms with Gasteiger partial charge in [0.2, 0.25) is 5.88 Å². The zero-order valence-electron chi connectivity index (χ0n) is 15.8. The largest absolute Gasteiger partial charge is 0.490 e. The molecule has 0 aliphatic carbocycles. The van der Waals surface area contributed by atoms with Crippen LogP contribution in [0.3, 0.4) is 0 Å². The molecule has 0 radical (unpaired) electrons. The molecule has 0 atom stereocenters. The SMILES string of the molecule is Clc1ccccc1-c1ccc2c(n1)OCCNC2.O=C(O)C(F)(F)F.O=C(O)C(F)(F)F. The number of carboxylic acid groups (broad SMARTS) is 2. The number of nitrogens with one attached hydrogen (secondary N) is 1. The quantitative estimate of drug-likeness (QED) is 0.517. The Labute approximate surface area is 181 Å². The summed E-state index contributed by atoms with van der Waals surface area (Å²) in [6.07, 6.45) is -10.2. The first kappa shape index (κ1) is 27.0. The van der Waals surface area contributed by atoms with Gasteiger partial charge in [0.25, 0.3) is 0 Å². The second-order valence-corrected chi connectivity index (χ2v) is 6.18. The van der Waals surface area contributed by atoms with Crippen molar-refractivity contribution >= 4 is 23.5 Å². The van der Waals surface area contributed by atoms with E-state index in [0.29, 0.717) is 17.5 Å². The third kappa shape index (κ3) is 8.98. The van der Waals surface area contributed by atoms with E-state index in [1.807, 2.05) is 36.4 Å². The minimum atomic E-state index is -5.08. The van der Waals surface area contributed by atoms with Crippen molar-refractivity contribution in [2.45, 2.75) is 18.9 Å². The van der Waals surface area contributed by atoms with Gasteiger partial charge in [-0.2, -0.15) is 26.3 Å². The molecule has 176 valence electrons. The lowest BCUT2D eigenvalue weighted by atomic mass is 10.1. The van der Waals surface area contributed by atoms with Gasteiger partial charge >= 0.3 is 24.3 Å². The second kappa shape index (κ2) is 11.5.